The average Bonchev–Trinajstić information content (AvgIpc) is 3.07. The van der Waals surface area contributed by atoms with Crippen LogP contribution >= 0.6 is 0 Å². The van der Waals surface area contributed by atoms with Crippen molar-refractivity contribution < 1.29 is 31.1 Å². The number of fused-ring (bicyclic) bond motifs is 1. The number of alkyl halides is 6. The molecule has 0 aliphatic rings. The Bertz CT molecular complexity index is 1050. The number of hydrogen-bond acceptors (Lipinski definition) is 2. The molecule has 10 heteroatoms. The zero-order chi connectivity index (χ0) is 22.1. The van der Waals surface area contributed by atoms with E-state index >= 15 is 0 Å². The van der Waals surface area contributed by atoms with Crippen LogP contribution in [0.25, 0.3) is 10.9 Å². The number of benzene rings is 2. The molecule has 3 aromatic rings. The summed E-state index contributed by atoms with van der Waals surface area (Å²) in [6.07, 6.45) is -8.44. The third-order valence-electron chi connectivity index (χ3n) is 4.61. The number of aromatic nitrogens is 1. The van der Waals surface area contributed by atoms with E-state index in [0.717, 1.165) is 22.5 Å². The maximum absolute atomic E-state index is 13.0. The van der Waals surface area contributed by atoms with Crippen molar-refractivity contribution in [1.29, 1.82) is 0 Å². The first-order valence-electron chi connectivity index (χ1n) is 8.82. The Kier molecular flexibility index (Phi) is 5.80. The SMILES string of the molecule is N[C@H](Cc1c[nH]c2ccccc12)C(=O)NCc1ccc(C(F)(F)F)c(C(F)(F)F)c1. The van der Waals surface area contributed by atoms with E-state index in [1.807, 2.05) is 24.3 Å². The topological polar surface area (TPSA) is 70.9 Å². The lowest BCUT2D eigenvalue weighted by atomic mass is 10.0. The molecule has 30 heavy (non-hydrogen) atoms. The summed E-state index contributed by atoms with van der Waals surface area (Å²) in [5.41, 5.74) is 3.85. The van der Waals surface area contributed by atoms with Gasteiger partial charge >= 0.3 is 12.4 Å². The number of H-pyrrole nitrogens is 1. The van der Waals surface area contributed by atoms with Crippen molar-refractivity contribution in [2.45, 2.75) is 31.4 Å². The molecule has 1 aromatic heterocycles. The first-order valence-corrected chi connectivity index (χ1v) is 8.82. The minimum atomic E-state index is -5.18. The van der Waals surface area contributed by atoms with Gasteiger partial charge in [-0.2, -0.15) is 26.3 Å². The second kappa shape index (κ2) is 8.02. The molecule has 1 atom stereocenters. The van der Waals surface area contributed by atoms with E-state index in [9.17, 15) is 31.1 Å². The Morgan fingerprint density at radius 2 is 1.67 bits per heavy atom. The van der Waals surface area contributed by atoms with E-state index < -0.39 is 35.4 Å². The van der Waals surface area contributed by atoms with Gasteiger partial charge in [-0.3, -0.25) is 4.79 Å². The number of nitrogens with one attached hydrogen (secondary N) is 2. The van der Waals surface area contributed by atoms with Crippen molar-refractivity contribution in [3.8, 4) is 0 Å². The van der Waals surface area contributed by atoms with Crippen molar-refractivity contribution in [3.63, 3.8) is 0 Å². The molecule has 0 radical (unpaired) electrons. The van der Waals surface area contributed by atoms with E-state index in [1.54, 1.807) is 6.20 Å². The molecular formula is C20H17F6N3O. The Morgan fingerprint density at radius 1 is 1.00 bits per heavy atom. The molecule has 0 saturated carbocycles. The summed E-state index contributed by atoms with van der Waals surface area (Å²) in [7, 11) is 0. The van der Waals surface area contributed by atoms with Gasteiger partial charge in [0.1, 0.15) is 0 Å². The highest BCUT2D eigenvalue weighted by Crippen LogP contribution is 2.40. The van der Waals surface area contributed by atoms with Gasteiger partial charge in [-0.15, -0.1) is 0 Å². The van der Waals surface area contributed by atoms with Gasteiger partial charge in [0.15, 0.2) is 0 Å². The number of amides is 1. The van der Waals surface area contributed by atoms with Gasteiger partial charge in [-0.25, -0.2) is 0 Å². The molecule has 3 rings (SSSR count). The van der Waals surface area contributed by atoms with E-state index in [0.29, 0.717) is 12.1 Å². The third kappa shape index (κ3) is 4.76. The van der Waals surface area contributed by atoms with Crippen LogP contribution in [0.2, 0.25) is 0 Å². The largest absolute Gasteiger partial charge is 0.417 e. The molecule has 0 unspecified atom stereocenters. The highest BCUT2D eigenvalue weighted by atomic mass is 19.4. The first-order chi connectivity index (χ1) is 14.0. The molecule has 0 fully saturated rings. The lowest BCUT2D eigenvalue weighted by Gasteiger charge is -2.17. The van der Waals surface area contributed by atoms with Crippen molar-refractivity contribution in [2.24, 2.45) is 5.73 Å². The Morgan fingerprint density at radius 3 is 2.33 bits per heavy atom. The quantitative estimate of drug-likeness (QED) is 0.527. The first kappa shape index (κ1) is 21.7. The monoisotopic (exact) mass is 429 g/mol. The molecule has 0 bridgehead atoms. The molecule has 1 heterocycles. The highest BCUT2D eigenvalue weighted by Gasteiger charge is 2.43. The Hall–Kier alpha value is -3.01. The van der Waals surface area contributed by atoms with Gasteiger partial charge in [0.05, 0.1) is 17.2 Å². The van der Waals surface area contributed by atoms with Crippen LogP contribution in [0, 0.1) is 0 Å². The molecule has 0 aliphatic heterocycles. The zero-order valence-corrected chi connectivity index (χ0v) is 15.4. The summed E-state index contributed by atoms with van der Waals surface area (Å²) in [6, 6.07) is 8.03. The van der Waals surface area contributed by atoms with Crippen LogP contribution in [0.5, 0.6) is 0 Å². The highest BCUT2D eigenvalue weighted by molar-refractivity contribution is 5.86. The smallest absolute Gasteiger partial charge is 0.361 e. The summed E-state index contributed by atoms with van der Waals surface area (Å²) in [5, 5.41) is 3.26. The van der Waals surface area contributed by atoms with Crippen LogP contribution in [-0.4, -0.2) is 16.9 Å². The summed E-state index contributed by atoms with van der Waals surface area (Å²) >= 11 is 0. The van der Waals surface area contributed by atoms with Crippen molar-refractivity contribution in [3.05, 3.63) is 70.9 Å². The molecule has 0 saturated heterocycles. The minimum absolute atomic E-state index is 0.122. The third-order valence-corrected chi connectivity index (χ3v) is 4.61. The number of carbonyl (C=O) groups excluding carboxylic acids is 1. The van der Waals surface area contributed by atoms with E-state index in [-0.39, 0.29) is 18.5 Å². The average molecular weight is 429 g/mol. The maximum Gasteiger partial charge on any atom is 0.417 e. The minimum Gasteiger partial charge on any atom is -0.361 e. The molecule has 0 spiro atoms. The van der Waals surface area contributed by atoms with Crippen LogP contribution in [0.1, 0.15) is 22.3 Å². The molecule has 160 valence electrons. The van der Waals surface area contributed by atoms with Crippen LogP contribution in [0.15, 0.2) is 48.7 Å². The predicted molar refractivity (Wildman–Crippen MR) is 98.3 cm³/mol. The fourth-order valence-corrected chi connectivity index (χ4v) is 3.13. The van der Waals surface area contributed by atoms with Crippen LogP contribution in [0.3, 0.4) is 0 Å². The number of halogens is 6. The maximum atomic E-state index is 13.0. The summed E-state index contributed by atoms with van der Waals surface area (Å²) < 4.78 is 77.5. The van der Waals surface area contributed by atoms with E-state index in [1.165, 1.54) is 0 Å². The van der Waals surface area contributed by atoms with Gasteiger partial charge in [-0.1, -0.05) is 24.3 Å². The van der Waals surface area contributed by atoms with Crippen LogP contribution in [0.4, 0.5) is 26.3 Å². The van der Waals surface area contributed by atoms with Gasteiger partial charge in [-0.05, 0) is 35.7 Å². The molecule has 4 nitrogen and oxygen atoms in total. The van der Waals surface area contributed by atoms with Gasteiger partial charge in [0.2, 0.25) is 5.91 Å². The lowest BCUT2D eigenvalue weighted by molar-refractivity contribution is -0.162. The number of aromatic amines is 1. The lowest BCUT2D eigenvalue weighted by Crippen LogP contribution is -2.41. The van der Waals surface area contributed by atoms with Gasteiger partial charge < -0.3 is 16.0 Å². The summed E-state index contributed by atoms with van der Waals surface area (Å²) in [5.74, 6) is -0.631. The van der Waals surface area contributed by atoms with Crippen molar-refractivity contribution >= 4 is 16.8 Å². The Balaban J connectivity index is 1.69. The number of nitrogens with two attached hydrogens (primary N) is 1. The second-order valence-electron chi connectivity index (χ2n) is 6.76. The summed E-state index contributed by atoms with van der Waals surface area (Å²) in [6.45, 7) is -0.387. The number of hydrogen-bond donors (Lipinski definition) is 3. The molecule has 4 N–H and O–H groups in total. The zero-order valence-electron chi connectivity index (χ0n) is 15.4. The normalized spacial score (nSPS) is 13.4. The second-order valence-corrected chi connectivity index (χ2v) is 6.76. The van der Waals surface area contributed by atoms with Gasteiger partial charge in [0, 0.05) is 23.6 Å². The number of carbonyl (C=O) groups is 1. The Labute approximate surface area is 167 Å². The fraction of sp³-hybridized carbons (Fsp3) is 0.250. The van der Waals surface area contributed by atoms with Crippen LogP contribution < -0.4 is 11.1 Å². The van der Waals surface area contributed by atoms with E-state index in [2.05, 4.69) is 10.3 Å². The number of rotatable bonds is 5. The fourth-order valence-electron chi connectivity index (χ4n) is 3.13. The van der Waals surface area contributed by atoms with Gasteiger partial charge in [0.25, 0.3) is 0 Å². The number of para-hydroxylation sites is 1. The van der Waals surface area contributed by atoms with Crippen LogP contribution in [-0.2, 0) is 30.1 Å². The van der Waals surface area contributed by atoms with Crippen molar-refractivity contribution in [1.82, 2.24) is 10.3 Å². The standard InChI is InChI=1S/C20H17F6N3O/c21-19(22,23)14-6-5-11(7-15(14)20(24,25)26)9-29-18(30)16(27)8-12-10-28-17-4-2-1-3-13(12)17/h1-7,10,16,28H,8-9,27H2,(H,29,30)/t16-/m1/s1. The molecular weight excluding hydrogens is 412 g/mol. The van der Waals surface area contributed by atoms with E-state index in [4.69, 9.17) is 5.73 Å². The summed E-state index contributed by atoms with van der Waals surface area (Å²) in [4.78, 5) is 15.3. The predicted octanol–water partition coefficient (Wildman–Crippen LogP) is 4.39. The molecule has 2 aromatic carbocycles. The van der Waals surface area contributed by atoms with Crippen molar-refractivity contribution in [2.75, 3.05) is 0 Å². The molecule has 0 aliphatic carbocycles. The molecule has 1 amide bonds.